The van der Waals surface area contributed by atoms with Gasteiger partial charge in [-0.15, -0.1) is 0 Å². The SMILES string of the molecule is CCCn1nccc1/C=C1\C[C@H]2[C@H]3CCc4cc(OC)ccc4[C@@H]3CC[C@]2(C)C1=O. The number of hydrogen-bond donors (Lipinski definition) is 0. The number of rotatable bonds is 4. The molecule has 4 nitrogen and oxygen atoms in total. The summed E-state index contributed by atoms with van der Waals surface area (Å²) in [6, 6.07) is 8.65. The number of nitrogens with zero attached hydrogens (tertiary/aromatic N) is 2. The zero-order chi connectivity index (χ0) is 20.9. The lowest BCUT2D eigenvalue weighted by Gasteiger charge is -2.48. The lowest BCUT2D eigenvalue weighted by Crippen LogP contribution is -2.42. The average molecular weight is 405 g/mol. The summed E-state index contributed by atoms with van der Waals surface area (Å²) in [5.74, 6) is 2.97. The van der Waals surface area contributed by atoms with Gasteiger partial charge in [0.15, 0.2) is 5.78 Å². The van der Waals surface area contributed by atoms with Crippen molar-refractivity contribution in [2.75, 3.05) is 7.11 Å². The van der Waals surface area contributed by atoms with Gasteiger partial charge >= 0.3 is 0 Å². The third-order valence-corrected chi connectivity index (χ3v) is 8.08. The standard InChI is InChI=1S/C26H32N2O2/c1-4-13-28-19(10-12-27-28)14-18-16-24-23-7-5-17-15-20(30-3)6-8-21(17)22(23)9-11-26(24,2)25(18)29/h6,8,10,12,14-15,22-24H,4-5,7,9,11,13,16H2,1-3H3/b18-14+/t22-,23-,24-,26-/m0/s1. The predicted octanol–water partition coefficient (Wildman–Crippen LogP) is 5.42. The monoisotopic (exact) mass is 404 g/mol. The molecule has 0 amide bonds. The molecule has 30 heavy (non-hydrogen) atoms. The zero-order valence-corrected chi connectivity index (χ0v) is 18.4. The Hall–Kier alpha value is -2.36. The van der Waals surface area contributed by atoms with Crippen LogP contribution in [0.15, 0.2) is 36.0 Å². The Bertz CT molecular complexity index is 1000. The molecule has 0 radical (unpaired) electrons. The number of hydrogen-bond acceptors (Lipinski definition) is 3. The predicted molar refractivity (Wildman–Crippen MR) is 118 cm³/mol. The van der Waals surface area contributed by atoms with Crippen molar-refractivity contribution in [2.45, 2.75) is 64.8 Å². The molecule has 1 aromatic heterocycles. The van der Waals surface area contributed by atoms with Crippen molar-refractivity contribution in [1.82, 2.24) is 9.78 Å². The highest BCUT2D eigenvalue weighted by molar-refractivity contribution is 6.05. The van der Waals surface area contributed by atoms with Gasteiger partial charge in [-0.05, 0) is 97.3 Å². The fourth-order valence-corrected chi connectivity index (χ4v) is 6.53. The Kier molecular flexibility index (Phi) is 4.83. The first kappa shape index (κ1) is 19.6. The van der Waals surface area contributed by atoms with Crippen LogP contribution in [0.2, 0.25) is 0 Å². The minimum Gasteiger partial charge on any atom is -0.497 e. The summed E-state index contributed by atoms with van der Waals surface area (Å²) in [7, 11) is 1.74. The summed E-state index contributed by atoms with van der Waals surface area (Å²) >= 11 is 0. The molecule has 4 heteroatoms. The van der Waals surface area contributed by atoms with Gasteiger partial charge < -0.3 is 4.74 Å². The molecular weight excluding hydrogens is 372 g/mol. The Labute approximate surface area is 179 Å². The minimum atomic E-state index is -0.202. The van der Waals surface area contributed by atoms with E-state index in [-0.39, 0.29) is 5.41 Å². The van der Waals surface area contributed by atoms with Gasteiger partial charge in [0.2, 0.25) is 0 Å². The van der Waals surface area contributed by atoms with Crippen LogP contribution in [0.5, 0.6) is 5.75 Å². The van der Waals surface area contributed by atoms with E-state index in [1.54, 1.807) is 7.11 Å². The van der Waals surface area contributed by atoms with Gasteiger partial charge in [-0.3, -0.25) is 9.48 Å². The van der Waals surface area contributed by atoms with Crippen LogP contribution in [-0.2, 0) is 17.8 Å². The van der Waals surface area contributed by atoms with Crippen molar-refractivity contribution in [3.05, 3.63) is 52.9 Å². The lowest BCUT2D eigenvalue weighted by molar-refractivity contribution is -0.127. The fraction of sp³-hybridized carbons (Fsp3) is 0.538. The third-order valence-electron chi connectivity index (χ3n) is 8.08. The third kappa shape index (κ3) is 2.95. The highest BCUT2D eigenvalue weighted by Crippen LogP contribution is 2.60. The Balaban J connectivity index is 1.46. The van der Waals surface area contributed by atoms with Gasteiger partial charge in [0, 0.05) is 18.2 Å². The number of ketones is 1. The molecular formula is C26H32N2O2. The van der Waals surface area contributed by atoms with Crippen molar-refractivity contribution >= 4 is 11.9 Å². The van der Waals surface area contributed by atoms with Crippen LogP contribution in [0.25, 0.3) is 6.08 Å². The molecule has 1 heterocycles. The van der Waals surface area contributed by atoms with Crippen molar-refractivity contribution < 1.29 is 9.53 Å². The molecule has 2 saturated carbocycles. The largest absolute Gasteiger partial charge is 0.497 e. The second-order valence-corrected chi connectivity index (χ2v) is 9.62. The second kappa shape index (κ2) is 7.40. The Morgan fingerprint density at radius 3 is 2.97 bits per heavy atom. The minimum absolute atomic E-state index is 0.202. The Morgan fingerprint density at radius 1 is 1.30 bits per heavy atom. The van der Waals surface area contributed by atoms with E-state index in [4.69, 9.17) is 4.74 Å². The topological polar surface area (TPSA) is 44.1 Å². The number of fused-ring (bicyclic) bond motifs is 5. The van der Waals surface area contributed by atoms with E-state index in [0.29, 0.717) is 23.5 Å². The number of methoxy groups -OCH3 is 1. The van der Waals surface area contributed by atoms with Crippen molar-refractivity contribution in [3.8, 4) is 5.75 Å². The maximum absolute atomic E-state index is 13.5. The summed E-state index contributed by atoms with van der Waals surface area (Å²) in [6.45, 7) is 5.29. The smallest absolute Gasteiger partial charge is 0.165 e. The number of Topliss-reactive ketones (excluding diaryl/α,β-unsaturated/α-hetero) is 1. The molecule has 0 N–H and O–H groups in total. The van der Waals surface area contributed by atoms with E-state index in [0.717, 1.165) is 55.7 Å². The molecule has 0 spiro atoms. The van der Waals surface area contributed by atoms with E-state index in [1.165, 1.54) is 17.5 Å². The van der Waals surface area contributed by atoms with E-state index in [2.05, 4.69) is 43.2 Å². The molecule has 158 valence electrons. The summed E-state index contributed by atoms with van der Waals surface area (Å²) in [4.78, 5) is 13.5. The van der Waals surface area contributed by atoms with Crippen LogP contribution >= 0.6 is 0 Å². The first-order valence-corrected chi connectivity index (χ1v) is 11.5. The second-order valence-electron chi connectivity index (χ2n) is 9.62. The molecule has 3 aliphatic carbocycles. The highest BCUT2D eigenvalue weighted by Gasteiger charge is 2.56. The van der Waals surface area contributed by atoms with Gasteiger partial charge in [0.1, 0.15) is 5.75 Å². The molecule has 4 atom stereocenters. The quantitative estimate of drug-likeness (QED) is 0.639. The maximum Gasteiger partial charge on any atom is 0.165 e. The van der Waals surface area contributed by atoms with Crippen LogP contribution in [0.1, 0.15) is 68.7 Å². The van der Waals surface area contributed by atoms with Crippen LogP contribution in [0.3, 0.4) is 0 Å². The molecule has 2 fully saturated rings. The van der Waals surface area contributed by atoms with Crippen LogP contribution < -0.4 is 4.74 Å². The first-order chi connectivity index (χ1) is 14.5. The fourth-order valence-electron chi connectivity index (χ4n) is 6.53. The van der Waals surface area contributed by atoms with E-state index < -0.39 is 0 Å². The van der Waals surface area contributed by atoms with E-state index in [9.17, 15) is 4.79 Å². The summed E-state index contributed by atoms with van der Waals surface area (Å²) in [5.41, 5.74) is 4.83. The van der Waals surface area contributed by atoms with Crippen LogP contribution in [-0.4, -0.2) is 22.7 Å². The molecule has 0 saturated heterocycles. The number of benzene rings is 1. The molecule has 0 bridgehead atoms. The number of aromatic nitrogens is 2. The van der Waals surface area contributed by atoms with Crippen LogP contribution in [0, 0.1) is 17.3 Å². The number of carbonyl (C=O) groups excluding carboxylic acids is 1. The summed E-state index contributed by atoms with van der Waals surface area (Å²) < 4.78 is 7.47. The van der Waals surface area contributed by atoms with Gasteiger partial charge in [-0.1, -0.05) is 19.9 Å². The zero-order valence-electron chi connectivity index (χ0n) is 18.4. The number of aryl methyl sites for hydroxylation is 2. The maximum atomic E-state index is 13.5. The van der Waals surface area contributed by atoms with Gasteiger partial charge in [0.05, 0.1) is 12.8 Å². The summed E-state index contributed by atoms with van der Waals surface area (Å²) in [6.07, 6.45) is 10.3. The average Bonchev–Trinajstić information content (AvgIpc) is 3.30. The molecule has 1 aromatic carbocycles. The Morgan fingerprint density at radius 2 is 2.17 bits per heavy atom. The van der Waals surface area contributed by atoms with Gasteiger partial charge in [-0.25, -0.2) is 0 Å². The molecule has 5 rings (SSSR count). The first-order valence-electron chi connectivity index (χ1n) is 11.5. The highest BCUT2D eigenvalue weighted by atomic mass is 16.5. The lowest BCUT2D eigenvalue weighted by atomic mass is 9.55. The number of ether oxygens (including phenoxy) is 1. The van der Waals surface area contributed by atoms with Crippen molar-refractivity contribution in [2.24, 2.45) is 17.3 Å². The van der Waals surface area contributed by atoms with Gasteiger partial charge in [-0.2, -0.15) is 5.10 Å². The summed E-state index contributed by atoms with van der Waals surface area (Å²) in [5, 5.41) is 4.44. The molecule has 0 unspecified atom stereocenters. The normalized spacial score (nSPS) is 31.4. The molecule has 0 aliphatic heterocycles. The van der Waals surface area contributed by atoms with Crippen LogP contribution in [0.4, 0.5) is 0 Å². The number of carbonyl (C=O) groups is 1. The number of allylic oxidation sites excluding steroid dienone is 1. The molecule has 3 aliphatic rings. The van der Waals surface area contributed by atoms with Gasteiger partial charge in [0.25, 0.3) is 0 Å². The van der Waals surface area contributed by atoms with E-state index in [1.807, 2.05) is 16.9 Å². The van der Waals surface area contributed by atoms with Crippen molar-refractivity contribution in [3.63, 3.8) is 0 Å². The van der Waals surface area contributed by atoms with E-state index >= 15 is 0 Å². The van der Waals surface area contributed by atoms with Crippen molar-refractivity contribution in [1.29, 1.82) is 0 Å². The molecule has 2 aromatic rings.